The largest absolute Gasteiger partial charge is 0.507 e. The van der Waals surface area contributed by atoms with Gasteiger partial charge in [-0.25, -0.2) is 0 Å². The number of rotatable bonds is 6. The number of benzene rings is 3. The van der Waals surface area contributed by atoms with E-state index < -0.39 is 17.7 Å². The number of carbonyl (C=O) groups excluding carboxylic acids is 2. The lowest BCUT2D eigenvalue weighted by molar-refractivity contribution is -0.132. The summed E-state index contributed by atoms with van der Waals surface area (Å²) in [6.07, 6.45) is 2.33. The zero-order chi connectivity index (χ0) is 26.1. The van der Waals surface area contributed by atoms with E-state index in [0.29, 0.717) is 18.0 Å². The van der Waals surface area contributed by atoms with Gasteiger partial charge in [0.05, 0.1) is 23.2 Å². The number of carbonyl (C=O) groups is 2. The summed E-state index contributed by atoms with van der Waals surface area (Å²) in [5, 5.41) is 11.7. The summed E-state index contributed by atoms with van der Waals surface area (Å²) in [5.74, 6) is -1.27. The zero-order valence-corrected chi connectivity index (χ0v) is 21.7. The van der Waals surface area contributed by atoms with Gasteiger partial charge in [0.15, 0.2) is 0 Å². The predicted octanol–water partition coefficient (Wildman–Crippen LogP) is 6.27. The van der Waals surface area contributed by atoms with E-state index in [4.69, 9.17) is 16.3 Å². The molecule has 2 saturated heterocycles. The summed E-state index contributed by atoms with van der Waals surface area (Å²) in [6.45, 7) is 6.23. The number of anilines is 2. The number of hydrogen-bond acceptors (Lipinski definition) is 5. The Morgan fingerprint density at radius 1 is 1.00 bits per heavy atom. The summed E-state index contributed by atoms with van der Waals surface area (Å²) in [4.78, 5) is 30.8. The van der Waals surface area contributed by atoms with Gasteiger partial charge in [0, 0.05) is 30.0 Å². The molecule has 2 heterocycles. The van der Waals surface area contributed by atoms with Crippen molar-refractivity contribution in [1.29, 1.82) is 0 Å². The summed E-state index contributed by atoms with van der Waals surface area (Å²) in [5.41, 5.74) is 3.57. The molecule has 2 aliphatic rings. The molecule has 37 heavy (non-hydrogen) atoms. The fourth-order valence-corrected chi connectivity index (χ4v) is 5.38. The van der Waals surface area contributed by atoms with Crippen LogP contribution < -0.4 is 14.5 Å². The van der Waals surface area contributed by atoms with Crippen molar-refractivity contribution in [2.24, 2.45) is 0 Å². The van der Waals surface area contributed by atoms with Crippen LogP contribution in [0.5, 0.6) is 5.75 Å². The first kappa shape index (κ1) is 24.9. The van der Waals surface area contributed by atoms with Gasteiger partial charge >= 0.3 is 0 Å². The Morgan fingerprint density at radius 3 is 2.35 bits per heavy atom. The van der Waals surface area contributed by atoms with E-state index in [0.717, 1.165) is 42.7 Å². The van der Waals surface area contributed by atoms with E-state index >= 15 is 0 Å². The van der Waals surface area contributed by atoms with Crippen molar-refractivity contribution in [3.8, 4) is 5.75 Å². The topological polar surface area (TPSA) is 70.1 Å². The van der Waals surface area contributed by atoms with Crippen LogP contribution >= 0.6 is 11.6 Å². The molecule has 2 aliphatic heterocycles. The number of ether oxygens (including phenoxy) is 1. The van der Waals surface area contributed by atoms with Crippen LogP contribution in [-0.2, 0) is 9.59 Å². The standard InChI is InChI=1S/C30H29ClN2O4/c1-3-37-22-14-15-25(31)24(18-22)28(34)26-27(23-9-5-4-8-19(23)2)33(30(36)29(26)35)21-12-10-20(11-13-21)32-16-6-7-17-32/h4-5,8-15,18,27,34H,3,6-7,16-17H2,1-2H3/b28-26+. The first-order valence-electron chi connectivity index (χ1n) is 12.5. The second-order valence-electron chi connectivity index (χ2n) is 9.31. The van der Waals surface area contributed by atoms with Gasteiger partial charge in [-0.2, -0.15) is 0 Å². The van der Waals surface area contributed by atoms with Crippen LogP contribution in [0.3, 0.4) is 0 Å². The van der Waals surface area contributed by atoms with E-state index in [1.165, 1.54) is 4.90 Å². The van der Waals surface area contributed by atoms with E-state index in [1.807, 2.05) is 62.4 Å². The third-order valence-electron chi connectivity index (χ3n) is 7.03. The Labute approximate surface area is 221 Å². The van der Waals surface area contributed by atoms with Gasteiger partial charge in [0.1, 0.15) is 11.5 Å². The lowest BCUT2D eigenvalue weighted by Crippen LogP contribution is -2.29. The van der Waals surface area contributed by atoms with Crippen molar-refractivity contribution >= 4 is 40.4 Å². The number of ketones is 1. The van der Waals surface area contributed by atoms with Crippen molar-refractivity contribution in [2.75, 3.05) is 29.5 Å². The Hall–Kier alpha value is -3.77. The minimum absolute atomic E-state index is 0.00142. The van der Waals surface area contributed by atoms with Crippen molar-refractivity contribution in [1.82, 2.24) is 0 Å². The summed E-state index contributed by atoms with van der Waals surface area (Å²) >= 11 is 6.45. The maximum atomic E-state index is 13.5. The molecule has 190 valence electrons. The van der Waals surface area contributed by atoms with E-state index in [1.54, 1.807) is 18.2 Å². The second kappa shape index (κ2) is 10.3. The highest BCUT2D eigenvalue weighted by Gasteiger charge is 2.47. The molecule has 0 spiro atoms. The molecule has 0 bridgehead atoms. The molecule has 3 aromatic carbocycles. The maximum absolute atomic E-state index is 13.5. The molecule has 1 amide bonds. The average molecular weight is 517 g/mol. The van der Waals surface area contributed by atoms with Gasteiger partial charge in [0.25, 0.3) is 11.7 Å². The van der Waals surface area contributed by atoms with E-state index in [2.05, 4.69) is 4.90 Å². The lowest BCUT2D eigenvalue weighted by atomic mass is 9.92. The number of amides is 1. The molecular weight excluding hydrogens is 488 g/mol. The predicted molar refractivity (Wildman–Crippen MR) is 146 cm³/mol. The SMILES string of the molecule is CCOc1ccc(Cl)c(/C(O)=C2\C(=O)C(=O)N(c3ccc(N4CCCC4)cc3)C2c2ccccc2C)c1. The van der Waals surface area contributed by atoms with Crippen molar-refractivity contribution < 1.29 is 19.4 Å². The molecule has 1 atom stereocenters. The molecular formula is C30H29ClN2O4. The molecule has 0 aliphatic carbocycles. The second-order valence-corrected chi connectivity index (χ2v) is 9.72. The number of hydrogen-bond donors (Lipinski definition) is 1. The third kappa shape index (κ3) is 4.58. The number of aryl methyl sites for hydroxylation is 1. The number of Topliss-reactive ketones (excluding diaryl/α,β-unsaturated/α-hetero) is 1. The minimum atomic E-state index is -0.814. The highest BCUT2D eigenvalue weighted by Crippen LogP contribution is 2.44. The third-order valence-corrected chi connectivity index (χ3v) is 7.36. The number of aliphatic hydroxyl groups excluding tert-OH is 1. The van der Waals surface area contributed by atoms with E-state index in [-0.39, 0.29) is 21.9 Å². The summed E-state index contributed by atoms with van der Waals surface area (Å²) < 4.78 is 5.58. The van der Waals surface area contributed by atoms with Crippen LogP contribution in [0, 0.1) is 6.92 Å². The Kier molecular flexibility index (Phi) is 6.94. The maximum Gasteiger partial charge on any atom is 0.300 e. The van der Waals surface area contributed by atoms with Gasteiger partial charge in [0.2, 0.25) is 0 Å². The Balaban J connectivity index is 1.66. The summed E-state index contributed by atoms with van der Waals surface area (Å²) in [6, 6.07) is 19.4. The first-order valence-corrected chi connectivity index (χ1v) is 12.9. The van der Waals surface area contributed by atoms with Crippen molar-refractivity contribution in [3.05, 3.63) is 94.0 Å². The Bertz CT molecular complexity index is 1380. The van der Waals surface area contributed by atoms with Gasteiger partial charge in [-0.15, -0.1) is 0 Å². The first-order chi connectivity index (χ1) is 17.9. The number of halogens is 1. The zero-order valence-electron chi connectivity index (χ0n) is 20.9. The molecule has 0 saturated carbocycles. The lowest BCUT2D eigenvalue weighted by Gasteiger charge is -2.27. The molecule has 5 rings (SSSR count). The fourth-order valence-electron chi connectivity index (χ4n) is 5.17. The molecule has 0 radical (unpaired) electrons. The number of aliphatic hydroxyl groups is 1. The molecule has 7 heteroatoms. The fraction of sp³-hybridized carbons (Fsp3) is 0.267. The van der Waals surface area contributed by atoms with Crippen LogP contribution in [0.4, 0.5) is 11.4 Å². The van der Waals surface area contributed by atoms with E-state index in [9.17, 15) is 14.7 Å². The van der Waals surface area contributed by atoms with Gasteiger partial charge in [-0.1, -0.05) is 35.9 Å². The monoisotopic (exact) mass is 516 g/mol. The Morgan fingerprint density at radius 2 is 1.68 bits per heavy atom. The average Bonchev–Trinajstić information content (AvgIpc) is 3.53. The molecule has 1 N–H and O–H groups in total. The molecule has 1 unspecified atom stereocenters. The van der Waals surface area contributed by atoms with Gasteiger partial charge in [-0.3, -0.25) is 14.5 Å². The number of nitrogens with zero attached hydrogens (tertiary/aromatic N) is 2. The molecule has 3 aromatic rings. The smallest absolute Gasteiger partial charge is 0.300 e. The van der Waals surface area contributed by atoms with Gasteiger partial charge < -0.3 is 14.7 Å². The highest BCUT2D eigenvalue weighted by molar-refractivity contribution is 6.52. The van der Waals surface area contributed by atoms with Crippen molar-refractivity contribution in [2.45, 2.75) is 32.7 Å². The van der Waals surface area contributed by atoms with Crippen LogP contribution in [-0.4, -0.2) is 36.5 Å². The van der Waals surface area contributed by atoms with Crippen LogP contribution in [0.2, 0.25) is 5.02 Å². The molecule has 0 aromatic heterocycles. The molecule has 6 nitrogen and oxygen atoms in total. The van der Waals surface area contributed by atoms with Crippen LogP contribution in [0.15, 0.2) is 72.3 Å². The summed E-state index contributed by atoms with van der Waals surface area (Å²) in [7, 11) is 0. The van der Waals surface area contributed by atoms with Crippen molar-refractivity contribution in [3.63, 3.8) is 0 Å². The minimum Gasteiger partial charge on any atom is -0.507 e. The normalized spacial score (nSPS) is 19.1. The van der Waals surface area contributed by atoms with Crippen LogP contribution in [0.25, 0.3) is 5.76 Å². The van der Waals surface area contributed by atoms with Crippen LogP contribution in [0.1, 0.15) is 42.5 Å². The molecule has 2 fully saturated rings. The quantitative estimate of drug-likeness (QED) is 0.237. The highest BCUT2D eigenvalue weighted by atomic mass is 35.5. The van der Waals surface area contributed by atoms with Gasteiger partial charge in [-0.05, 0) is 80.3 Å².